The fraction of sp³-hybridized carbons (Fsp3) is 0.318. The summed E-state index contributed by atoms with van der Waals surface area (Å²) < 4.78 is 37.3. The largest absolute Gasteiger partial charge is 0.497 e. The second-order valence-corrected chi connectivity index (χ2v) is 9.39. The maximum atomic E-state index is 12.7. The molecule has 2 aromatic carbocycles. The highest BCUT2D eigenvalue weighted by atomic mass is 32.2. The Morgan fingerprint density at radius 2 is 1.91 bits per heavy atom. The minimum Gasteiger partial charge on any atom is -0.497 e. The molecule has 1 N–H and O–H groups in total. The van der Waals surface area contributed by atoms with Crippen LogP contribution in [0.15, 0.2) is 64.0 Å². The van der Waals surface area contributed by atoms with Gasteiger partial charge in [0.1, 0.15) is 5.75 Å². The summed E-state index contributed by atoms with van der Waals surface area (Å²) in [5, 5.41) is 6.77. The highest BCUT2D eigenvalue weighted by Crippen LogP contribution is 2.24. The number of nitrogens with zero attached hydrogens (tertiary/aromatic N) is 3. The lowest BCUT2D eigenvalue weighted by Gasteiger charge is -2.30. The maximum absolute atomic E-state index is 12.7. The number of amides is 1. The van der Waals surface area contributed by atoms with Gasteiger partial charge in [0.05, 0.1) is 18.6 Å². The van der Waals surface area contributed by atoms with Gasteiger partial charge in [0.2, 0.25) is 27.6 Å². The average Bonchev–Trinajstić information content (AvgIpc) is 3.32. The van der Waals surface area contributed by atoms with Crippen molar-refractivity contribution < 1.29 is 22.5 Å². The molecule has 1 saturated heterocycles. The number of nitrogens with one attached hydrogen (secondary N) is 1. The van der Waals surface area contributed by atoms with E-state index in [1.165, 1.54) is 4.31 Å². The summed E-state index contributed by atoms with van der Waals surface area (Å²) in [6, 6.07) is 15.6. The summed E-state index contributed by atoms with van der Waals surface area (Å²) in [4.78, 5) is 17.2. The number of benzene rings is 2. The molecule has 168 valence electrons. The van der Waals surface area contributed by atoms with Crippen LogP contribution in [0.5, 0.6) is 5.75 Å². The van der Waals surface area contributed by atoms with Gasteiger partial charge in [0.25, 0.3) is 0 Å². The molecule has 0 spiro atoms. The van der Waals surface area contributed by atoms with Crippen molar-refractivity contribution in [2.75, 3.05) is 20.2 Å². The molecule has 0 bridgehead atoms. The summed E-state index contributed by atoms with van der Waals surface area (Å²) in [6.45, 7) is 0.712. The Morgan fingerprint density at radius 1 is 1.16 bits per heavy atom. The second-order valence-electron chi connectivity index (χ2n) is 7.45. The van der Waals surface area contributed by atoms with Crippen LogP contribution >= 0.6 is 0 Å². The third kappa shape index (κ3) is 4.81. The van der Waals surface area contributed by atoms with Gasteiger partial charge in [0, 0.05) is 24.6 Å². The van der Waals surface area contributed by atoms with E-state index in [0.717, 1.165) is 5.56 Å². The molecule has 32 heavy (non-hydrogen) atoms. The Hall–Kier alpha value is -3.24. The minimum atomic E-state index is -3.54. The van der Waals surface area contributed by atoms with Crippen LogP contribution in [0.25, 0.3) is 11.4 Å². The topological polar surface area (TPSA) is 115 Å². The van der Waals surface area contributed by atoms with Crippen molar-refractivity contribution >= 4 is 15.9 Å². The monoisotopic (exact) mass is 456 g/mol. The van der Waals surface area contributed by atoms with Gasteiger partial charge in [-0.25, -0.2) is 8.42 Å². The zero-order valence-electron chi connectivity index (χ0n) is 17.6. The predicted molar refractivity (Wildman–Crippen MR) is 116 cm³/mol. The van der Waals surface area contributed by atoms with E-state index in [1.807, 2.05) is 18.2 Å². The molecule has 3 aromatic rings. The van der Waals surface area contributed by atoms with E-state index in [0.29, 0.717) is 43.4 Å². The summed E-state index contributed by atoms with van der Waals surface area (Å²) in [7, 11) is -1.95. The first-order valence-electron chi connectivity index (χ1n) is 10.3. The quantitative estimate of drug-likeness (QED) is 0.581. The van der Waals surface area contributed by atoms with E-state index in [4.69, 9.17) is 9.26 Å². The van der Waals surface area contributed by atoms with Crippen LogP contribution in [0, 0.1) is 5.92 Å². The van der Waals surface area contributed by atoms with Crippen molar-refractivity contribution in [1.29, 1.82) is 0 Å². The van der Waals surface area contributed by atoms with Crippen LogP contribution in [0.3, 0.4) is 0 Å². The molecule has 0 radical (unpaired) electrons. The lowest BCUT2D eigenvalue weighted by atomic mass is 9.97. The Balaban J connectivity index is 1.30. The van der Waals surface area contributed by atoms with Crippen LogP contribution in [-0.4, -0.2) is 49.0 Å². The number of methoxy groups -OCH3 is 1. The summed E-state index contributed by atoms with van der Waals surface area (Å²) in [6.07, 6.45) is 0.910. The highest BCUT2D eigenvalue weighted by molar-refractivity contribution is 7.89. The average molecular weight is 457 g/mol. The van der Waals surface area contributed by atoms with Crippen LogP contribution in [0.1, 0.15) is 18.7 Å². The zero-order valence-corrected chi connectivity index (χ0v) is 18.4. The molecule has 0 atom stereocenters. The summed E-state index contributed by atoms with van der Waals surface area (Å²) >= 11 is 0. The molecule has 9 nitrogen and oxygen atoms in total. The number of carbonyl (C=O) groups is 1. The van der Waals surface area contributed by atoms with Crippen molar-refractivity contribution in [3.8, 4) is 17.1 Å². The van der Waals surface area contributed by atoms with Gasteiger partial charge < -0.3 is 14.6 Å². The number of rotatable bonds is 7. The molecular weight excluding hydrogens is 432 g/mol. The third-order valence-electron chi connectivity index (χ3n) is 5.42. The number of carbonyl (C=O) groups excluding carboxylic acids is 1. The number of hydrogen-bond acceptors (Lipinski definition) is 7. The van der Waals surface area contributed by atoms with Crippen molar-refractivity contribution in [3.63, 3.8) is 0 Å². The van der Waals surface area contributed by atoms with Gasteiger partial charge in [-0.05, 0) is 37.1 Å². The fourth-order valence-electron chi connectivity index (χ4n) is 3.61. The number of aromatic nitrogens is 2. The van der Waals surface area contributed by atoms with Crippen molar-refractivity contribution in [2.24, 2.45) is 5.92 Å². The SMILES string of the molecule is COc1cccc(-c2noc(CNC(=O)C3CCN(S(=O)(=O)c4ccccc4)CC3)n2)c1. The van der Waals surface area contributed by atoms with E-state index in [9.17, 15) is 13.2 Å². The van der Waals surface area contributed by atoms with Gasteiger partial charge in [-0.2, -0.15) is 9.29 Å². The first kappa shape index (κ1) is 22.0. The lowest BCUT2D eigenvalue weighted by molar-refractivity contribution is -0.126. The minimum absolute atomic E-state index is 0.109. The summed E-state index contributed by atoms with van der Waals surface area (Å²) in [5.41, 5.74) is 0.748. The second kappa shape index (κ2) is 9.49. The smallest absolute Gasteiger partial charge is 0.246 e. The molecule has 1 amide bonds. The Morgan fingerprint density at radius 3 is 2.62 bits per heavy atom. The van der Waals surface area contributed by atoms with Crippen LogP contribution < -0.4 is 10.1 Å². The fourth-order valence-corrected chi connectivity index (χ4v) is 5.10. The molecule has 1 aliphatic rings. The van der Waals surface area contributed by atoms with Crippen molar-refractivity contribution in [2.45, 2.75) is 24.3 Å². The summed E-state index contributed by atoms with van der Waals surface area (Å²) in [5.74, 6) is 0.969. The van der Waals surface area contributed by atoms with Crippen LogP contribution in [-0.2, 0) is 21.4 Å². The van der Waals surface area contributed by atoms with E-state index in [2.05, 4.69) is 15.5 Å². The van der Waals surface area contributed by atoms with Crippen LogP contribution in [0.2, 0.25) is 0 Å². The van der Waals surface area contributed by atoms with Crippen molar-refractivity contribution in [1.82, 2.24) is 19.8 Å². The standard InChI is InChI=1S/C22H24N4O5S/c1-30-18-7-5-6-17(14-18)21-24-20(31-25-21)15-23-22(27)16-10-12-26(13-11-16)32(28,29)19-8-3-2-4-9-19/h2-9,14,16H,10-13,15H2,1H3,(H,23,27). The molecule has 0 saturated carbocycles. The molecule has 0 aliphatic carbocycles. The van der Waals surface area contributed by atoms with Gasteiger partial charge in [-0.3, -0.25) is 4.79 Å². The van der Waals surface area contributed by atoms with Gasteiger partial charge in [-0.1, -0.05) is 35.5 Å². The van der Waals surface area contributed by atoms with Gasteiger partial charge in [0.15, 0.2) is 0 Å². The van der Waals surface area contributed by atoms with Crippen LogP contribution in [0.4, 0.5) is 0 Å². The van der Waals surface area contributed by atoms with E-state index in [-0.39, 0.29) is 23.3 Å². The molecule has 1 aliphatic heterocycles. The third-order valence-corrected chi connectivity index (χ3v) is 7.33. The molecule has 1 aromatic heterocycles. The lowest BCUT2D eigenvalue weighted by Crippen LogP contribution is -2.42. The molecule has 4 rings (SSSR count). The predicted octanol–water partition coefficient (Wildman–Crippen LogP) is 2.46. The van der Waals surface area contributed by atoms with Gasteiger partial charge in [-0.15, -0.1) is 0 Å². The Kier molecular flexibility index (Phi) is 6.52. The van der Waals surface area contributed by atoms with Crippen molar-refractivity contribution in [3.05, 3.63) is 60.5 Å². The molecule has 2 heterocycles. The Bertz CT molecular complexity index is 1170. The first-order valence-corrected chi connectivity index (χ1v) is 11.7. The number of sulfonamides is 1. The first-order chi connectivity index (χ1) is 15.5. The molecule has 0 unspecified atom stereocenters. The number of hydrogen-bond donors (Lipinski definition) is 1. The molecular formula is C22H24N4O5S. The molecule has 1 fully saturated rings. The number of piperidine rings is 1. The maximum Gasteiger partial charge on any atom is 0.246 e. The van der Waals surface area contributed by atoms with E-state index >= 15 is 0 Å². The van der Waals surface area contributed by atoms with E-state index in [1.54, 1.807) is 43.5 Å². The molecule has 10 heteroatoms. The van der Waals surface area contributed by atoms with E-state index < -0.39 is 10.0 Å². The normalized spacial score (nSPS) is 15.4. The Labute approximate surface area is 186 Å². The zero-order chi connectivity index (χ0) is 22.6. The highest BCUT2D eigenvalue weighted by Gasteiger charge is 2.32. The van der Waals surface area contributed by atoms with Gasteiger partial charge >= 0.3 is 0 Å². The number of ether oxygens (including phenoxy) is 1.